The van der Waals surface area contributed by atoms with Crippen molar-refractivity contribution in [1.82, 2.24) is 10.2 Å². The molecule has 1 N–H and O–H groups in total. The molecule has 1 unspecified atom stereocenters. The van der Waals surface area contributed by atoms with Crippen molar-refractivity contribution in [2.45, 2.75) is 19.5 Å². The minimum atomic E-state index is -0.209. The van der Waals surface area contributed by atoms with Crippen molar-refractivity contribution >= 4 is 15.9 Å². The van der Waals surface area contributed by atoms with Crippen LogP contribution in [0.5, 0.6) is 0 Å². The van der Waals surface area contributed by atoms with E-state index in [0.717, 1.165) is 12.1 Å². The Morgan fingerprint density at radius 1 is 1.44 bits per heavy atom. The van der Waals surface area contributed by atoms with Gasteiger partial charge in [-0.3, -0.25) is 0 Å². The predicted molar refractivity (Wildman–Crippen MR) is 69.0 cm³/mol. The number of likely N-dealkylation sites (N-methyl/N-ethyl adjacent to an activating group) is 1. The van der Waals surface area contributed by atoms with E-state index in [4.69, 9.17) is 0 Å². The molecule has 1 aromatic rings. The highest BCUT2D eigenvalue weighted by Gasteiger charge is 2.04. The minimum Gasteiger partial charge on any atom is -0.309 e. The number of halogens is 2. The molecule has 90 valence electrons. The molecule has 4 heteroatoms. The molecule has 0 heterocycles. The fourth-order valence-corrected chi connectivity index (χ4v) is 1.80. The Hall–Kier alpha value is -0.450. The Morgan fingerprint density at radius 3 is 2.69 bits per heavy atom. The molecule has 0 aromatic heterocycles. The molecular weight excluding hydrogens is 271 g/mol. The topological polar surface area (TPSA) is 15.3 Å². The van der Waals surface area contributed by atoms with Crippen molar-refractivity contribution in [3.63, 3.8) is 0 Å². The summed E-state index contributed by atoms with van der Waals surface area (Å²) in [6.07, 6.45) is 0. The van der Waals surface area contributed by atoms with E-state index in [9.17, 15) is 4.39 Å². The van der Waals surface area contributed by atoms with Gasteiger partial charge in [-0.1, -0.05) is 6.07 Å². The van der Waals surface area contributed by atoms with E-state index in [2.05, 4.69) is 33.1 Å². The van der Waals surface area contributed by atoms with E-state index >= 15 is 0 Å². The summed E-state index contributed by atoms with van der Waals surface area (Å²) in [5, 5.41) is 3.35. The first-order chi connectivity index (χ1) is 7.49. The summed E-state index contributed by atoms with van der Waals surface area (Å²) in [5.74, 6) is -0.209. The highest BCUT2D eigenvalue weighted by molar-refractivity contribution is 9.10. The number of hydrogen-bond donors (Lipinski definition) is 1. The van der Waals surface area contributed by atoms with Gasteiger partial charge < -0.3 is 10.2 Å². The number of nitrogens with one attached hydrogen (secondary N) is 1. The second-order valence-corrected chi connectivity index (χ2v) is 5.15. The Kier molecular flexibility index (Phi) is 5.38. The lowest BCUT2D eigenvalue weighted by Crippen LogP contribution is -2.35. The van der Waals surface area contributed by atoms with Gasteiger partial charge in [0.2, 0.25) is 0 Å². The van der Waals surface area contributed by atoms with Crippen LogP contribution in [0, 0.1) is 5.82 Å². The average molecular weight is 289 g/mol. The van der Waals surface area contributed by atoms with Gasteiger partial charge in [-0.15, -0.1) is 0 Å². The van der Waals surface area contributed by atoms with Gasteiger partial charge in [0.25, 0.3) is 0 Å². The highest BCUT2D eigenvalue weighted by Crippen LogP contribution is 2.16. The number of rotatable bonds is 5. The van der Waals surface area contributed by atoms with E-state index in [1.807, 2.05) is 20.2 Å². The van der Waals surface area contributed by atoms with Crippen LogP contribution in [0.15, 0.2) is 22.7 Å². The number of benzene rings is 1. The quantitative estimate of drug-likeness (QED) is 0.896. The van der Waals surface area contributed by atoms with Crippen LogP contribution in [0.25, 0.3) is 0 Å². The number of nitrogens with zero attached hydrogens (tertiary/aromatic N) is 1. The summed E-state index contributed by atoms with van der Waals surface area (Å²) in [5.41, 5.74) is 0.964. The minimum absolute atomic E-state index is 0.209. The zero-order valence-corrected chi connectivity index (χ0v) is 11.5. The zero-order chi connectivity index (χ0) is 12.1. The van der Waals surface area contributed by atoms with Crippen LogP contribution in [-0.2, 0) is 6.54 Å². The molecule has 1 atom stereocenters. The maximum atomic E-state index is 13.2. The van der Waals surface area contributed by atoms with Gasteiger partial charge in [0.1, 0.15) is 5.82 Å². The summed E-state index contributed by atoms with van der Waals surface area (Å²) < 4.78 is 13.7. The van der Waals surface area contributed by atoms with Crippen LogP contribution in [0.1, 0.15) is 12.5 Å². The lowest BCUT2D eigenvalue weighted by atomic mass is 10.2. The van der Waals surface area contributed by atoms with Crippen molar-refractivity contribution in [2.75, 3.05) is 20.6 Å². The number of hydrogen-bond acceptors (Lipinski definition) is 2. The second-order valence-electron chi connectivity index (χ2n) is 4.29. The lowest BCUT2D eigenvalue weighted by molar-refractivity contribution is 0.349. The molecule has 0 saturated carbocycles. The SMILES string of the molecule is CC(CN(C)C)NCc1ccc(Br)c(F)c1. The second kappa shape index (κ2) is 6.33. The third kappa shape index (κ3) is 4.60. The van der Waals surface area contributed by atoms with Crippen molar-refractivity contribution in [1.29, 1.82) is 0 Å². The van der Waals surface area contributed by atoms with Crippen LogP contribution >= 0.6 is 15.9 Å². The van der Waals surface area contributed by atoms with Gasteiger partial charge in [-0.05, 0) is 54.6 Å². The third-order valence-electron chi connectivity index (χ3n) is 2.28. The Morgan fingerprint density at radius 2 is 2.12 bits per heavy atom. The molecule has 2 nitrogen and oxygen atoms in total. The van der Waals surface area contributed by atoms with Gasteiger partial charge in [0.05, 0.1) is 4.47 Å². The van der Waals surface area contributed by atoms with Gasteiger partial charge in [-0.25, -0.2) is 4.39 Å². The monoisotopic (exact) mass is 288 g/mol. The van der Waals surface area contributed by atoms with Crippen LogP contribution in [0.2, 0.25) is 0 Å². The normalized spacial score (nSPS) is 13.1. The first-order valence-corrected chi connectivity index (χ1v) is 6.10. The molecule has 0 bridgehead atoms. The van der Waals surface area contributed by atoms with Gasteiger partial charge >= 0.3 is 0 Å². The molecule has 0 aliphatic rings. The van der Waals surface area contributed by atoms with Gasteiger partial charge in [0, 0.05) is 19.1 Å². The molecule has 0 aliphatic heterocycles. The maximum absolute atomic E-state index is 13.2. The average Bonchev–Trinajstić information content (AvgIpc) is 2.19. The van der Waals surface area contributed by atoms with Crippen molar-refractivity contribution in [2.24, 2.45) is 0 Å². The van der Waals surface area contributed by atoms with E-state index in [0.29, 0.717) is 17.1 Å². The fourth-order valence-electron chi connectivity index (χ4n) is 1.55. The van der Waals surface area contributed by atoms with E-state index in [-0.39, 0.29) is 5.82 Å². The summed E-state index contributed by atoms with van der Waals surface area (Å²) in [6.45, 7) is 3.79. The van der Waals surface area contributed by atoms with Crippen LogP contribution in [0.3, 0.4) is 0 Å². The predicted octanol–water partition coefficient (Wildman–Crippen LogP) is 2.63. The lowest BCUT2D eigenvalue weighted by Gasteiger charge is -2.18. The van der Waals surface area contributed by atoms with Crippen LogP contribution < -0.4 is 5.32 Å². The van der Waals surface area contributed by atoms with E-state index < -0.39 is 0 Å². The molecule has 1 aromatic carbocycles. The molecule has 0 spiro atoms. The summed E-state index contributed by atoms with van der Waals surface area (Å²) in [4.78, 5) is 2.12. The molecule has 0 radical (unpaired) electrons. The molecule has 16 heavy (non-hydrogen) atoms. The molecule has 0 aliphatic carbocycles. The Labute approximate surface area is 105 Å². The Bertz CT molecular complexity index is 342. The summed E-state index contributed by atoms with van der Waals surface area (Å²) in [6, 6.07) is 5.60. The molecule has 0 saturated heterocycles. The zero-order valence-electron chi connectivity index (χ0n) is 9.93. The standard InChI is InChI=1S/C12H18BrFN2/c1-9(8-16(2)3)15-7-10-4-5-11(13)12(14)6-10/h4-6,9,15H,7-8H2,1-3H3. The molecule has 0 fully saturated rings. The Balaban J connectivity index is 2.45. The van der Waals surface area contributed by atoms with Crippen molar-refractivity contribution < 1.29 is 4.39 Å². The van der Waals surface area contributed by atoms with Crippen molar-refractivity contribution in [3.8, 4) is 0 Å². The maximum Gasteiger partial charge on any atom is 0.137 e. The van der Waals surface area contributed by atoms with Crippen LogP contribution in [0.4, 0.5) is 4.39 Å². The smallest absolute Gasteiger partial charge is 0.137 e. The molecular formula is C12H18BrFN2. The van der Waals surface area contributed by atoms with Gasteiger partial charge in [0.15, 0.2) is 0 Å². The van der Waals surface area contributed by atoms with Crippen LogP contribution in [-0.4, -0.2) is 31.6 Å². The third-order valence-corrected chi connectivity index (χ3v) is 2.92. The first kappa shape index (κ1) is 13.6. The largest absolute Gasteiger partial charge is 0.309 e. The summed E-state index contributed by atoms with van der Waals surface area (Å²) >= 11 is 3.14. The fraction of sp³-hybridized carbons (Fsp3) is 0.500. The van der Waals surface area contributed by atoms with Crippen molar-refractivity contribution in [3.05, 3.63) is 34.1 Å². The van der Waals surface area contributed by atoms with Gasteiger partial charge in [-0.2, -0.15) is 0 Å². The highest BCUT2D eigenvalue weighted by atomic mass is 79.9. The molecule has 1 rings (SSSR count). The molecule has 0 amide bonds. The summed E-state index contributed by atoms with van der Waals surface area (Å²) in [7, 11) is 4.08. The van der Waals surface area contributed by atoms with E-state index in [1.165, 1.54) is 0 Å². The van der Waals surface area contributed by atoms with E-state index in [1.54, 1.807) is 12.1 Å². The first-order valence-electron chi connectivity index (χ1n) is 5.31.